The summed E-state index contributed by atoms with van der Waals surface area (Å²) in [5.74, 6) is 4.46. The zero-order valence-corrected chi connectivity index (χ0v) is 18.7. The molecule has 10 heteroatoms. The molecular formula is C21H23N7O2Si. The quantitative estimate of drug-likeness (QED) is 0.289. The van der Waals surface area contributed by atoms with Gasteiger partial charge in [-0.05, 0) is 12.5 Å². The first-order valence-corrected chi connectivity index (χ1v) is 13.5. The number of nitrogens with one attached hydrogen (secondary N) is 1. The van der Waals surface area contributed by atoms with E-state index in [4.69, 9.17) is 0 Å². The van der Waals surface area contributed by atoms with Crippen LogP contribution < -0.4 is 10.2 Å². The standard InChI is InChI=1S/C21H23N7O2Si/c1-31(2,3)9-7-15-11-22-21(23-12-15)25-17-6-8-27(14-17)20-19-5-4-18(28(29)30)10-16(19)13-24-26-20/h4-5,10-13,17H,6,8,14H2,1-3H3,(H,22,23,25)/t17-/m1/s1. The number of hydrogen-bond donors (Lipinski definition) is 1. The lowest BCUT2D eigenvalue weighted by molar-refractivity contribution is -0.384. The van der Waals surface area contributed by atoms with Gasteiger partial charge in [-0.3, -0.25) is 10.1 Å². The van der Waals surface area contributed by atoms with Crippen molar-refractivity contribution in [3.63, 3.8) is 0 Å². The lowest BCUT2D eigenvalue weighted by Gasteiger charge is -2.19. The summed E-state index contributed by atoms with van der Waals surface area (Å²) in [6.45, 7) is 8.10. The van der Waals surface area contributed by atoms with Crippen molar-refractivity contribution in [2.75, 3.05) is 23.3 Å². The number of nitrogens with zero attached hydrogens (tertiary/aromatic N) is 6. The molecule has 3 aromatic rings. The summed E-state index contributed by atoms with van der Waals surface area (Å²) in [5, 5.41) is 24.3. The summed E-state index contributed by atoms with van der Waals surface area (Å²) >= 11 is 0. The zero-order valence-electron chi connectivity index (χ0n) is 17.7. The van der Waals surface area contributed by atoms with E-state index in [0.29, 0.717) is 17.9 Å². The fourth-order valence-corrected chi connectivity index (χ4v) is 3.91. The van der Waals surface area contributed by atoms with Gasteiger partial charge in [0.15, 0.2) is 5.82 Å². The van der Waals surface area contributed by atoms with Crippen LogP contribution in [0.25, 0.3) is 10.8 Å². The first kappa shape index (κ1) is 20.7. The molecule has 3 heterocycles. The van der Waals surface area contributed by atoms with Crippen LogP contribution in [-0.4, -0.2) is 52.3 Å². The zero-order chi connectivity index (χ0) is 22.0. The molecule has 158 valence electrons. The highest BCUT2D eigenvalue weighted by Crippen LogP contribution is 2.29. The van der Waals surface area contributed by atoms with Gasteiger partial charge >= 0.3 is 0 Å². The molecule has 0 radical (unpaired) electrons. The minimum Gasteiger partial charge on any atom is -0.352 e. The van der Waals surface area contributed by atoms with Gasteiger partial charge in [-0.2, -0.15) is 5.10 Å². The highest BCUT2D eigenvalue weighted by molar-refractivity contribution is 6.83. The Labute approximate surface area is 181 Å². The Kier molecular flexibility index (Phi) is 5.52. The fourth-order valence-electron chi connectivity index (χ4n) is 3.39. The van der Waals surface area contributed by atoms with Crippen LogP contribution in [-0.2, 0) is 0 Å². The molecule has 1 aliphatic heterocycles. The summed E-state index contributed by atoms with van der Waals surface area (Å²) in [5.41, 5.74) is 4.18. The van der Waals surface area contributed by atoms with E-state index in [2.05, 4.69) is 61.5 Å². The van der Waals surface area contributed by atoms with Crippen LogP contribution >= 0.6 is 0 Å². The molecule has 0 bridgehead atoms. The number of fused-ring (bicyclic) bond motifs is 1. The van der Waals surface area contributed by atoms with Crippen molar-refractivity contribution in [3.8, 4) is 11.5 Å². The maximum Gasteiger partial charge on any atom is 0.270 e. The summed E-state index contributed by atoms with van der Waals surface area (Å²) in [6, 6.07) is 4.93. The van der Waals surface area contributed by atoms with Crippen LogP contribution in [0.5, 0.6) is 0 Å². The van der Waals surface area contributed by atoms with Crippen LogP contribution in [0, 0.1) is 21.6 Å². The van der Waals surface area contributed by atoms with Crippen LogP contribution in [0.1, 0.15) is 12.0 Å². The molecule has 1 atom stereocenters. The lowest BCUT2D eigenvalue weighted by Crippen LogP contribution is -2.27. The van der Waals surface area contributed by atoms with E-state index >= 15 is 0 Å². The van der Waals surface area contributed by atoms with Gasteiger partial charge in [0.25, 0.3) is 5.69 Å². The molecule has 0 spiro atoms. The van der Waals surface area contributed by atoms with E-state index in [9.17, 15) is 10.1 Å². The maximum absolute atomic E-state index is 11.0. The normalized spacial score (nSPS) is 16.1. The van der Waals surface area contributed by atoms with Gasteiger partial charge in [0.2, 0.25) is 5.95 Å². The number of hydrogen-bond acceptors (Lipinski definition) is 8. The van der Waals surface area contributed by atoms with Crippen molar-refractivity contribution in [1.82, 2.24) is 20.2 Å². The van der Waals surface area contributed by atoms with Crippen molar-refractivity contribution in [2.24, 2.45) is 0 Å². The molecule has 0 saturated carbocycles. The Bertz CT molecular complexity index is 1180. The highest BCUT2D eigenvalue weighted by Gasteiger charge is 2.26. The molecule has 0 unspecified atom stereocenters. The average molecular weight is 434 g/mol. The summed E-state index contributed by atoms with van der Waals surface area (Å²) < 4.78 is 0. The van der Waals surface area contributed by atoms with Crippen LogP contribution in [0.3, 0.4) is 0 Å². The summed E-state index contributed by atoms with van der Waals surface area (Å²) in [6.07, 6.45) is 5.94. The Morgan fingerprint density at radius 3 is 2.71 bits per heavy atom. The van der Waals surface area contributed by atoms with Crippen molar-refractivity contribution in [1.29, 1.82) is 0 Å². The number of nitro benzene ring substituents is 1. The molecule has 1 aromatic carbocycles. The predicted molar refractivity (Wildman–Crippen MR) is 123 cm³/mol. The van der Waals surface area contributed by atoms with E-state index in [1.165, 1.54) is 12.1 Å². The SMILES string of the molecule is C[Si](C)(C)C#Cc1cnc(N[C@@H]2CCN(c3nncc4cc([N+](=O)[O-])ccc34)C2)nc1. The van der Waals surface area contributed by atoms with Gasteiger partial charge in [0.05, 0.1) is 16.7 Å². The largest absolute Gasteiger partial charge is 0.352 e. The van der Waals surface area contributed by atoms with Gasteiger partial charge in [-0.25, -0.2) is 9.97 Å². The van der Waals surface area contributed by atoms with E-state index in [0.717, 1.165) is 29.7 Å². The van der Waals surface area contributed by atoms with Crippen LogP contribution in [0.2, 0.25) is 19.6 Å². The van der Waals surface area contributed by atoms with Gasteiger partial charge in [0, 0.05) is 54.4 Å². The number of non-ortho nitro benzene ring substituents is 1. The van der Waals surface area contributed by atoms with E-state index in [1.807, 2.05) is 0 Å². The molecule has 0 aliphatic carbocycles. The summed E-state index contributed by atoms with van der Waals surface area (Å²) in [7, 11) is -1.43. The first-order chi connectivity index (χ1) is 14.8. The van der Waals surface area contributed by atoms with Crippen molar-refractivity contribution in [2.45, 2.75) is 32.1 Å². The Hall–Kier alpha value is -3.58. The molecular weight excluding hydrogens is 410 g/mol. The lowest BCUT2D eigenvalue weighted by atomic mass is 10.1. The van der Waals surface area contributed by atoms with Gasteiger partial charge in [-0.1, -0.05) is 25.6 Å². The fraction of sp³-hybridized carbons (Fsp3) is 0.333. The highest BCUT2D eigenvalue weighted by atomic mass is 28.3. The van der Waals surface area contributed by atoms with E-state index < -0.39 is 13.0 Å². The Morgan fingerprint density at radius 1 is 1.23 bits per heavy atom. The Morgan fingerprint density at radius 2 is 2.00 bits per heavy atom. The molecule has 4 rings (SSSR count). The summed E-state index contributed by atoms with van der Waals surface area (Å²) in [4.78, 5) is 21.6. The third kappa shape index (κ3) is 4.95. The topological polar surface area (TPSA) is 110 Å². The van der Waals surface area contributed by atoms with Crippen molar-refractivity contribution >= 4 is 36.3 Å². The first-order valence-electron chi connectivity index (χ1n) is 10.0. The van der Waals surface area contributed by atoms with Crippen LogP contribution in [0.15, 0.2) is 36.8 Å². The second kappa shape index (κ2) is 8.27. The van der Waals surface area contributed by atoms with E-state index in [-0.39, 0.29) is 11.7 Å². The number of aromatic nitrogens is 4. The monoisotopic (exact) mass is 433 g/mol. The number of benzene rings is 1. The van der Waals surface area contributed by atoms with E-state index in [1.54, 1.807) is 24.7 Å². The third-order valence-electron chi connectivity index (χ3n) is 4.89. The second-order valence-corrected chi connectivity index (χ2v) is 13.3. The van der Waals surface area contributed by atoms with Gasteiger partial charge in [-0.15, -0.1) is 10.6 Å². The van der Waals surface area contributed by atoms with Gasteiger partial charge in [0.1, 0.15) is 8.07 Å². The maximum atomic E-state index is 11.0. The molecule has 1 aliphatic rings. The molecule has 1 fully saturated rings. The minimum absolute atomic E-state index is 0.0440. The molecule has 2 aromatic heterocycles. The molecule has 31 heavy (non-hydrogen) atoms. The van der Waals surface area contributed by atoms with Gasteiger partial charge < -0.3 is 10.2 Å². The molecule has 1 N–H and O–H groups in total. The number of rotatable bonds is 4. The number of nitro groups is 1. The minimum atomic E-state index is -1.43. The third-order valence-corrected chi connectivity index (χ3v) is 5.77. The molecule has 1 saturated heterocycles. The average Bonchev–Trinajstić information content (AvgIpc) is 3.20. The molecule has 0 amide bonds. The van der Waals surface area contributed by atoms with Crippen molar-refractivity contribution in [3.05, 3.63) is 52.5 Å². The Balaban J connectivity index is 1.45. The van der Waals surface area contributed by atoms with Crippen molar-refractivity contribution < 1.29 is 4.92 Å². The van der Waals surface area contributed by atoms with Crippen LogP contribution in [0.4, 0.5) is 17.5 Å². The number of anilines is 2. The second-order valence-electron chi connectivity index (χ2n) is 8.57. The smallest absolute Gasteiger partial charge is 0.270 e. The predicted octanol–water partition coefficient (Wildman–Crippen LogP) is 3.25. The molecule has 9 nitrogen and oxygen atoms in total.